The van der Waals surface area contributed by atoms with Crippen LogP contribution in [-0.4, -0.2) is 24.1 Å². The van der Waals surface area contributed by atoms with Gasteiger partial charge in [0.25, 0.3) is 5.91 Å². The van der Waals surface area contributed by atoms with Crippen LogP contribution in [0.2, 0.25) is 0 Å². The van der Waals surface area contributed by atoms with Gasteiger partial charge in [-0.2, -0.15) is 5.26 Å². The first-order chi connectivity index (χ1) is 13.3. The van der Waals surface area contributed by atoms with Crippen molar-refractivity contribution >= 4 is 17.6 Å². The Kier molecular flexibility index (Phi) is 6.45. The fourth-order valence-electron chi connectivity index (χ4n) is 2.46. The molecule has 0 aromatic heterocycles. The molecule has 8 heteroatoms. The first-order valence-corrected chi connectivity index (χ1v) is 8.13. The first-order valence-electron chi connectivity index (χ1n) is 8.13. The normalized spacial score (nSPS) is 11.2. The number of nitrogens with one attached hydrogen (secondary N) is 1. The van der Waals surface area contributed by atoms with Crippen molar-refractivity contribution in [3.8, 4) is 17.2 Å². The van der Waals surface area contributed by atoms with Gasteiger partial charge in [-0.05, 0) is 29.8 Å². The summed E-state index contributed by atoms with van der Waals surface area (Å²) < 4.78 is 32.0. The van der Waals surface area contributed by atoms with E-state index in [1.807, 2.05) is 0 Å². The number of aliphatic hydroxyl groups is 1. The van der Waals surface area contributed by atoms with Crippen molar-refractivity contribution in [3.63, 3.8) is 0 Å². The topological polar surface area (TPSA) is 99.4 Å². The standard InChI is InChI=1S/C20H16F2N2O4/c1-3-18(25)16(10-23)19(26)24-12-5-7-13(15(9-12)20(27)28-2)14-6-4-11(21)8-17(14)22/h4-9,25H,3H2,1-2H3,(H,24,26). The first kappa shape index (κ1) is 20.6. The second-order valence-corrected chi connectivity index (χ2v) is 5.62. The number of rotatable bonds is 5. The van der Waals surface area contributed by atoms with Crippen LogP contribution in [0.3, 0.4) is 0 Å². The summed E-state index contributed by atoms with van der Waals surface area (Å²) in [7, 11) is 1.13. The van der Waals surface area contributed by atoms with Crippen LogP contribution >= 0.6 is 0 Å². The molecule has 2 aromatic rings. The van der Waals surface area contributed by atoms with E-state index in [1.165, 1.54) is 24.3 Å². The van der Waals surface area contributed by atoms with Crippen molar-refractivity contribution in [1.29, 1.82) is 5.26 Å². The lowest BCUT2D eigenvalue weighted by atomic mass is 9.98. The third-order valence-corrected chi connectivity index (χ3v) is 3.87. The number of anilines is 1. The van der Waals surface area contributed by atoms with Crippen molar-refractivity contribution in [3.05, 3.63) is 64.9 Å². The summed E-state index contributed by atoms with van der Waals surface area (Å²) in [5.41, 5.74) is -0.312. The number of esters is 1. The highest BCUT2D eigenvalue weighted by atomic mass is 19.1. The molecule has 0 spiro atoms. The fourth-order valence-corrected chi connectivity index (χ4v) is 2.46. The van der Waals surface area contributed by atoms with Gasteiger partial charge in [0, 0.05) is 23.7 Å². The third kappa shape index (κ3) is 4.32. The summed E-state index contributed by atoms with van der Waals surface area (Å²) >= 11 is 0. The largest absolute Gasteiger partial charge is 0.511 e. The Morgan fingerprint density at radius 2 is 1.86 bits per heavy atom. The van der Waals surface area contributed by atoms with Gasteiger partial charge in [0.05, 0.1) is 12.7 Å². The van der Waals surface area contributed by atoms with Crippen LogP contribution in [0.4, 0.5) is 14.5 Å². The number of carbonyl (C=O) groups excluding carboxylic acids is 2. The van der Waals surface area contributed by atoms with Crippen LogP contribution in [0.1, 0.15) is 23.7 Å². The van der Waals surface area contributed by atoms with E-state index in [1.54, 1.807) is 13.0 Å². The zero-order chi connectivity index (χ0) is 20.8. The quantitative estimate of drug-likeness (QED) is 0.349. The summed E-state index contributed by atoms with van der Waals surface area (Å²) in [6, 6.07) is 8.49. The van der Waals surface area contributed by atoms with Crippen molar-refractivity contribution in [2.24, 2.45) is 0 Å². The zero-order valence-corrected chi connectivity index (χ0v) is 15.0. The number of nitrogens with zero attached hydrogens (tertiary/aromatic N) is 1. The lowest BCUT2D eigenvalue weighted by Gasteiger charge is -2.12. The molecular weight excluding hydrogens is 370 g/mol. The Balaban J connectivity index is 2.50. The van der Waals surface area contributed by atoms with Gasteiger partial charge in [0.1, 0.15) is 23.5 Å². The highest BCUT2D eigenvalue weighted by Crippen LogP contribution is 2.30. The number of nitriles is 1. The Morgan fingerprint density at radius 1 is 1.18 bits per heavy atom. The molecule has 0 atom stereocenters. The molecule has 0 unspecified atom stereocenters. The smallest absolute Gasteiger partial charge is 0.338 e. The molecule has 144 valence electrons. The Labute approximate surface area is 159 Å². The van der Waals surface area contributed by atoms with Crippen LogP contribution in [0.15, 0.2) is 47.7 Å². The van der Waals surface area contributed by atoms with Gasteiger partial charge in [-0.3, -0.25) is 4.79 Å². The fraction of sp³-hybridized carbons (Fsp3) is 0.150. The van der Waals surface area contributed by atoms with E-state index in [0.29, 0.717) is 6.07 Å². The third-order valence-electron chi connectivity index (χ3n) is 3.87. The van der Waals surface area contributed by atoms with Gasteiger partial charge in [-0.25, -0.2) is 13.6 Å². The van der Waals surface area contributed by atoms with Crippen LogP contribution in [0, 0.1) is 23.0 Å². The summed E-state index contributed by atoms with van der Waals surface area (Å²) in [5.74, 6) is -3.68. The van der Waals surface area contributed by atoms with E-state index in [-0.39, 0.29) is 34.6 Å². The van der Waals surface area contributed by atoms with Crippen LogP contribution in [-0.2, 0) is 9.53 Å². The number of ether oxygens (including phenoxy) is 1. The second kappa shape index (κ2) is 8.77. The maximum atomic E-state index is 14.1. The summed E-state index contributed by atoms with van der Waals surface area (Å²) in [4.78, 5) is 24.3. The molecular formula is C20H16F2N2O4. The van der Waals surface area contributed by atoms with Crippen LogP contribution < -0.4 is 5.32 Å². The number of halogens is 2. The molecule has 0 aliphatic carbocycles. The highest BCUT2D eigenvalue weighted by molar-refractivity contribution is 6.08. The van der Waals surface area contributed by atoms with E-state index in [4.69, 9.17) is 10.00 Å². The van der Waals surface area contributed by atoms with Crippen LogP contribution in [0.25, 0.3) is 11.1 Å². The van der Waals surface area contributed by atoms with E-state index >= 15 is 0 Å². The molecule has 28 heavy (non-hydrogen) atoms. The number of benzene rings is 2. The Hall–Kier alpha value is -3.73. The number of carbonyl (C=O) groups is 2. The predicted molar refractivity (Wildman–Crippen MR) is 97.3 cm³/mol. The lowest BCUT2D eigenvalue weighted by molar-refractivity contribution is -0.112. The predicted octanol–water partition coefficient (Wildman–Crippen LogP) is 4.10. The van der Waals surface area contributed by atoms with Crippen LogP contribution in [0.5, 0.6) is 0 Å². The molecule has 0 saturated carbocycles. The maximum Gasteiger partial charge on any atom is 0.338 e. The van der Waals surface area contributed by atoms with Gasteiger partial charge in [0.2, 0.25) is 0 Å². The minimum Gasteiger partial charge on any atom is -0.511 e. The number of methoxy groups -OCH3 is 1. The summed E-state index contributed by atoms with van der Waals surface area (Å²) in [5, 5.41) is 21.1. The number of allylic oxidation sites excluding steroid dienone is 1. The SMILES string of the molecule is CCC(O)=C(C#N)C(=O)Nc1ccc(-c2ccc(F)cc2F)c(C(=O)OC)c1. The monoisotopic (exact) mass is 386 g/mol. The van der Waals surface area contributed by atoms with E-state index in [9.17, 15) is 23.5 Å². The lowest BCUT2D eigenvalue weighted by Crippen LogP contribution is -2.16. The van der Waals surface area contributed by atoms with E-state index in [2.05, 4.69) is 5.32 Å². The molecule has 0 aliphatic rings. The van der Waals surface area contributed by atoms with Gasteiger partial charge in [-0.15, -0.1) is 0 Å². The van der Waals surface area contributed by atoms with Crippen molar-refractivity contribution in [2.45, 2.75) is 13.3 Å². The molecule has 0 saturated heterocycles. The minimum absolute atomic E-state index is 0.0269. The maximum absolute atomic E-state index is 14.1. The number of amides is 1. The second-order valence-electron chi connectivity index (χ2n) is 5.62. The molecule has 2 N–H and O–H groups in total. The van der Waals surface area contributed by atoms with Crippen molar-refractivity contribution < 1.29 is 28.2 Å². The molecule has 0 bridgehead atoms. The zero-order valence-electron chi connectivity index (χ0n) is 15.0. The summed E-state index contributed by atoms with van der Waals surface area (Å²) in [6.07, 6.45) is 0.0898. The molecule has 6 nitrogen and oxygen atoms in total. The number of hydrogen-bond donors (Lipinski definition) is 2. The highest BCUT2D eigenvalue weighted by Gasteiger charge is 2.19. The van der Waals surface area contributed by atoms with Gasteiger partial charge in [-0.1, -0.05) is 13.0 Å². The van der Waals surface area contributed by atoms with Crippen molar-refractivity contribution in [1.82, 2.24) is 0 Å². The number of aliphatic hydroxyl groups excluding tert-OH is 1. The Bertz CT molecular complexity index is 1010. The van der Waals surface area contributed by atoms with Crippen molar-refractivity contribution in [2.75, 3.05) is 12.4 Å². The molecule has 2 rings (SSSR count). The molecule has 0 aliphatic heterocycles. The van der Waals surface area contributed by atoms with Gasteiger partial charge < -0.3 is 15.2 Å². The van der Waals surface area contributed by atoms with E-state index < -0.39 is 29.1 Å². The molecule has 0 heterocycles. The van der Waals surface area contributed by atoms with Gasteiger partial charge >= 0.3 is 5.97 Å². The average Bonchev–Trinajstić information content (AvgIpc) is 2.68. The Morgan fingerprint density at radius 3 is 2.43 bits per heavy atom. The van der Waals surface area contributed by atoms with E-state index in [0.717, 1.165) is 13.2 Å². The van der Waals surface area contributed by atoms with Gasteiger partial charge in [0.15, 0.2) is 5.57 Å². The molecule has 0 fully saturated rings. The molecule has 0 radical (unpaired) electrons. The summed E-state index contributed by atoms with van der Waals surface area (Å²) in [6.45, 7) is 1.57. The molecule has 2 aromatic carbocycles. The minimum atomic E-state index is -0.871. The molecule has 1 amide bonds. The average molecular weight is 386 g/mol. The number of hydrogen-bond acceptors (Lipinski definition) is 5.